The van der Waals surface area contributed by atoms with E-state index in [0.717, 1.165) is 6.07 Å². The van der Waals surface area contributed by atoms with Crippen LogP contribution in [0.25, 0.3) is 17.4 Å². The third kappa shape index (κ3) is 4.64. The number of halogens is 2. The lowest BCUT2D eigenvalue weighted by molar-refractivity contribution is -0.384. The van der Waals surface area contributed by atoms with E-state index < -0.39 is 35.1 Å². The van der Waals surface area contributed by atoms with Crippen molar-refractivity contribution in [2.24, 2.45) is 0 Å². The molecule has 0 saturated carbocycles. The molecule has 2 aromatic carbocycles. The van der Waals surface area contributed by atoms with E-state index in [-0.39, 0.29) is 39.2 Å². The van der Waals surface area contributed by atoms with Gasteiger partial charge in [0.1, 0.15) is 29.6 Å². The monoisotopic (exact) mass is 484 g/mol. The van der Waals surface area contributed by atoms with Crippen LogP contribution in [-0.2, 0) is 9.59 Å². The normalized spacial score (nSPS) is 14.4. The second-order valence-corrected chi connectivity index (χ2v) is 7.46. The Labute approximate surface area is 195 Å². The van der Waals surface area contributed by atoms with Crippen molar-refractivity contribution in [2.75, 3.05) is 11.9 Å². The molecule has 1 fully saturated rings. The van der Waals surface area contributed by atoms with Gasteiger partial charge in [0.2, 0.25) is 5.91 Å². The highest BCUT2D eigenvalue weighted by Gasteiger charge is 2.35. The van der Waals surface area contributed by atoms with Crippen LogP contribution >= 0.6 is 11.6 Å². The van der Waals surface area contributed by atoms with E-state index in [1.165, 1.54) is 54.6 Å². The van der Waals surface area contributed by atoms with Crippen molar-refractivity contribution in [3.05, 3.63) is 87.0 Å². The van der Waals surface area contributed by atoms with E-state index in [9.17, 15) is 28.9 Å². The molecular weight excluding hydrogens is 471 g/mol. The van der Waals surface area contributed by atoms with Crippen LogP contribution in [0.3, 0.4) is 0 Å². The van der Waals surface area contributed by atoms with Crippen molar-refractivity contribution >= 4 is 46.9 Å². The Hall–Kier alpha value is -4.51. The molecule has 2 heterocycles. The molecule has 10 nitrogen and oxygen atoms in total. The highest BCUT2D eigenvalue weighted by molar-refractivity contribution is 6.31. The molecule has 3 aromatic rings. The molecule has 4 rings (SSSR count). The Morgan fingerprint density at radius 3 is 2.71 bits per heavy atom. The summed E-state index contributed by atoms with van der Waals surface area (Å²) in [6, 6.07) is 11.6. The third-order valence-corrected chi connectivity index (χ3v) is 4.98. The number of nitro groups is 1. The minimum Gasteiger partial charge on any atom is -0.456 e. The lowest BCUT2D eigenvalue weighted by Crippen LogP contribution is -2.38. The van der Waals surface area contributed by atoms with E-state index >= 15 is 0 Å². The van der Waals surface area contributed by atoms with Gasteiger partial charge in [-0.05, 0) is 36.4 Å². The number of imide groups is 1. The maximum atomic E-state index is 13.7. The highest BCUT2D eigenvalue weighted by atomic mass is 35.5. The van der Waals surface area contributed by atoms with Gasteiger partial charge in [-0.1, -0.05) is 23.7 Å². The molecule has 2 N–H and O–H groups in total. The summed E-state index contributed by atoms with van der Waals surface area (Å²) in [4.78, 5) is 48.4. The maximum Gasteiger partial charge on any atom is 0.329 e. The molecule has 172 valence electrons. The van der Waals surface area contributed by atoms with Gasteiger partial charge >= 0.3 is 6.03 Å². The molecule has 0 radical (unpaired) electrons. The predicted molar refractivity (Wildman–Crippen MR) is 119 cm³/mol. The quantitative estimate of drug-likeness (QED) is 0.233. The van der Waals surface area contributed by atoms with Crippen LogP contribution in [-0.4, -0.2) is 34.2 Å². The Morgan fingerprint density at radius 2 is 1.97 bits per heavy atom. The molecule has 4 amide bonds. The number of anilines is 1. The summed E-state index contributed by atoms with van der Waals surface area (Å²) in [5, 5.41) is 16.1. The van der Waals surface area contributed by atoms with Gasteiger partial charge in [0.05, 0.1) is 16.2 Å². The number of hydrogen-bond donors (Lipinski definition) is 2. The molecule has 1 aromatic heterocycles. The lowest BCUT2D eigenvalue weighted by atomic mass is 10.1. The highest BCUT2D eigenvalue weighted by Crippen LogP contribution is 2.33. The summed E-state index contributed by atoms with van der Waals surface area (Å²) < 4.78 is 19.3. The van der Waals surface area contributed by atoms with E-state index in [4.69, 9.17) is 16.0 Å². The number of para-hydroxylation sites is 1. The molecule has 1 aliphatic rings. The van der Waals surface area contributed by atoms with Crippen molar-refractivity contribution in [1.82, 2.24) is 10.2 Å². The molecule has 1 saturated heterocycles. The molecule has 1 aliphatic heterocycles. The van der Waals surface area contributed by atoms with Gasteiger partial charge in [-0.3, -0.25) is 19.7 Å². The smallest absolute Gasteiger partial charge is 0.329 e. The lowest BCUT2D eigenvalue weighted by Gasteiger charge is -2.12. The van der Waals surface area contributed by atoms with Gasteiger partial charge < -0.3 is 15.1 Å². The van der Waals surface area contributed by atoms with Gasteiger partial charge in [0, 0.05) is 17.2 Å². The van der Waals surface area contributed by atoms with Crippen LogP contribution in [0.5, 0.6) is 0 Å². The van der Waals surface area contributed by atoms with E-state index in [1.807, 2.05) is 0 Å². The van der Waals surface area contributed by atoms with Crippen molar-refractivity contribution < 1.29 is 28.1 Å². The van der Waals surface area contributed by atoms with Crippen LogP contribution < -0.4 is 10.6 Å². The van der Waals surface area contributed by atoms with Gasteiger partial charge in [-0.15, -0.1) is 0 Å². The SMILES string of the molecule is O=C(CN1C(=O)N/C(=C/c2ccc(-c3ccc(Cl)cc3[N+](=O)[O-])o2)C1=O)Nc1ccccc1F. The first-order valence-corrected chi connectivity index (χ1v) is 10.0. The number of nitrogens with zero attached hydrogens (tertiary/aromatic N) is 2. The molecular formula is C22H14ClFN4O6. The molecule has 0 spiro atoms. The number of rotatable bonds is 6. The number of urea groups is 1. The molecule has 34 heavy (non-hydrogen) atoms. The van der Waals surface area contributed by atoms with Gasteiger partial charge in [-0.25, -0.2) is 14.1 Å². The topological polar surface area (TPSA) is 135 Å². The molecule has 0 unspecified atom stereocenters. The Kier molecular flexibility index (Phi) is 6.11. The summed E-state index contributed by atoms with van der Waals surface area (Å²) in [5.74, 6) is -1.97. The van der Waals surface area contributed by atoms with Crippen LogP contribution in [0.2, 0.25) is 5.02 Å². The Bertz CT molecular complexity index is 1370. The number of benzene rings is 2. The zero-order valence-electron chi connectivity index (χ0n) is 17.1. The number of amides is 4. The first kappa shape index (κ1) is 22.7. The number of nitro benzene ring substituents is 1. The maximum absolute atomic E-state index is 13.7. The second kappa shape index (κ2) is 9.16. The zero-order valence-corrected chi connectivity index (χ0v) is 17.8. The summed E-state index contributed by atoms with van der Waals surface area (Å²) in [7, 11) is 0. The molecule has 0 bridgehead atoms. The number of hydrogen-bond acceptors (Lipinski definition) is 6. The van der Waals surface area contributed by atoms with Crippen molar-refractivity contribution in [2.45, 2.75) is 0 Å². The third-order valence-electron chi connectivity index (χ3n) is 4.75. The summed E-state index contributed by atoms with van der Waals surface area (Å²) in [6.45, 7) is -0.642. The van der Waals surface area contributed by atoms with Crippen molar-refractivity contribution in [3.63, 3.8) is 0 Å². The van der Waals surface area contributed by atoms with Gasteiger partial charge in [-0.2, -0.15) is 0 Å². The van der Waals surface area contributed by atoms with Crippen LogP contribution in [0.15, 0.2) is 64.7 Å². The van der Waals surface area contributed by atoms with Gasteiger partial charge in [0.15, 0.2) is 0 Å². The minimum atomic E-state index is -0.847. The first-order chi connectivity index (χ1) is 16.2. The Morgan fingerprint density at radius 1 is 1.21 bits per heavy atom. The van der Waals surface area contributed by atoms with Crippen LogP contribution in [0.4, 0.5) is 20.6 Å². The summed E-state index contributed by atoms with van der Waals surface area (Å²) in [5.41, 5.74) is -0.351. The first-order valence-electron chi connectivity index (χ1n) is 9.66. The zero-order chi connectivity index (χ0) is 24.4. The molecule has 12 heteroatoms. The largest absolute Gasteiger partial charge is 0.456 e. The van der Waals surface area contributed by atoms with Crippen molar-refractivity contribution in [3.8, 4) is 11.3 Å². The fourth-order valence-electron chi connectivity index (χ4n) is 3.19. The van der Waals surface area contributed by atoms with E-state index in [0.29, 0.717) is 4.90 Å². The summed E-state index contributed by atoms with van der Waals surface area (Å²) >= 11 is 5.83. The van der Waals surface area contributed by atoms with E-state index in [2.05, 4.69) is 10.6 Å². The predicted octanol–water partition coefficient (Wildman–Crippen LogP) is 4.18. The van der Waals surface area contributed by atoms with Crippen molar-refractivity contribution in [1.29, 1.82) is 0 Å². The molecule has 0 aliphatic carbocycles. The minimum absolute atomic E-state index is 0.0882. The standard InChI is InChI=1S/C22H14ClFN4O6/c23-12-5-7-14(18(9-12)28(32)33)19-8-6-13(34-19)10-17-21(30)27(22(31)26-17)11-20(29)25-16-4-2-1-3-15(16)24/h1-10H,11H2,(H,25,29)(H,26,31)/b17-10+. The van der Waals surface area contributed by atoms with E-state index in [1.54, 1.807) is 0 Å². The van der Waals surface area contributed by atoms with Crippen LogP contribution in [0.1, 0.15) is 5.76 Å². The number of nitrogens with one attached hydrogen (secondary N) is 2. The number of carbonyl (C=O) groups excluding carboxylic acids is 3. The fourth-order valence-corrected chi connectivity index (χ4v) is 3.36. The van der Waals surface area contributed by atoms with Gasteiger partial charge in [0.25, 0.3) is 11.6 Å². The average Bonchev–Trinajstić information content (AvgIpc) is 3.35. The fraction of sp³-hybridized carbons (Fsp3) is 0.0455. The Balaban J connectivity index is 1.50. The number of furan rings is 1. The summed E-state index contributed by atoms with van der Waals surface area (Å²) in [6.07, 6.45) is 1.22. The van der Waals surface area contributed by atoms with Crippen LogP contribution in [0, 0.1) is 15.9 Å². The average molecular weight is 485 g/mol. The number of carbonyl (C=O) groups is 3. The molecule has 0 atom stereocenters. The second-order valence-electron chi connectivity index (χ2n) is 7.03.